The molecule has 0 aromatic carbocycles. The summed E-state index contributed by atoms with van der Waals surface area (Å²) in [5, 5.41) is 0. The molecule has 0 spiro atoms. The van der Waals surface area contributed by atoms with E-state index < -0.39 is 0 Å². The van der Waals surface area contributed by atoms with Crippen molar-refractivity contribution in [1.82, 2.24) is 0 Å². The van der Waals surface area contributed by atoms with E-state index in [4.69, 9.17) is 9.47 Å². The van der Waals surface area contributed by atoms with Crippen molar-refractivity contribution in [3.63, 3.8) is 0 Å². The summed E-state index contributed by atoms with van der Waals surface area (Å²) in [6, 6.07) is 0. The predicted octanol–water partition coefficient (Wildman–Crippen LogP) is -0.0390. The molecule has 0 bridgehead atoms. The summed E-state index contributed by atoms with van der Waals surface area (Å²) >= 11 is 0. The standard InChI is InChI=1S/C12H23O2.HI.Mg/c1-3-5-7-9-11-14-12-13-10-8-6-4-2;;/h5,7H,1,3-4,6,8-12H2,2H3;1H;/q-1;;+2/p-1/b7-5-;;. The van der Waals surface area contributed by atoms with Crippen LogP contribution in [0.5, 0.6) is 0 Å². The van der Waals surface area contributed by atoms with Gasteiger partial charge in [-0.15, -0.1) is 6.08 Å². The Balaban J connectivity index is -0.000000845. The summed E-state index contributed by atoms with van der Waals surface area (Å²) < 4.78 is 10.6. The van der Waals surface area contributed by atoms with Crippen molar-refractivity contribution in [3.8, 4) is 0 Å². The molecule has 0 aromatic heterocycles. The molecular weight excluding hydrogens is 327 g/mol. The van der Waals surface area contributed by atoms with Crippen LogP contribution in [0.3, 0.4) is 0 Å². The van der Waals surface area contributed by atoms with Crippen LogP contribution in [0.25, 0.3) is 0 Å². The quantitative estimate of drug-likeness (QED) is 0.137. The Bertz CT molecular complexity index is 132. The number of halogens is 1. The van der Waals surface area contributed by atoms with Crippen molar-refractivity contribution >= 4 is 23.1 Å². The third kappa shape index (κ3) is 20.6. The molecule has 0 atom stereocenters. The van der Waals surface area contributed by atoms with Gasteiger partial charge in [-0.1, -0.05) is 25.8 Å². The maximum atomic E-state index is 5.28. The molecule has 0 unspecified atom stereocenters. The van der Waals surface area contributed by atoms with Crippen LogP contribution in [0.15, 0.2) is 12.2 Å². The average molecular weight is 351 g/mol. The summed E-state index contributed by atoms with van der Waals surface area (Å²) in [4.78, 5) is 0. The smallest absolute Gasteiger partial charge is 1.00 e. The van der Waals surface area contributed by atoms with Crippen LogP contribution in [0.2, 0.25) is 0 Å². The van der Waals surface area contributed by atoms with Gasteiger partial charge < -0.3 is 40.4 Å². The fourth-order valence-electron chi connectivity index (χ4n) is 1.02. The van der Waals surface area contributed by atoms with Gasteiger partial charge in [0.1, 0.15) is 6.79 Å². The van der Waals surface area contributed by atoms with Crippen LogP contribution in [-0.4, -0.2) is 43.1 Å². The van der Waals surface area contributed by atoms with Gasteiger partial charge in [-0.25, -0.2) is 0 Å². The first-order valence-corrected chi connectivity index (χ1v) is 5.51. The molecule has 0 rings (SSSR count). The average Bonchev–Trinajstić information content (AvgIpc) is 2.21. The number of hydrogen-bond acceptors (Lipinski definition) is 2. The van der Waals surface area contributed by atoms with Crippen LogP contribution in [0.1, 0.15) is 39.0 Å². The second-order valence-electron chi connectivity index (χ2n) is 3.19. The van der Waals surface area contributed by atoms with E-state index in [1.807, 2.05) is 6.08 Å². The topological polar surface area (TPSA) is 18.5 Å². The summed E-state index contributed by atoms with van der Waals surface area (Å²) in [5.74, 6) is 0. The van der Waals surface area contributed by atoms with E-state index in [9.17, 15) is 0 Å². The van der Waals surface area contributed by atoms with E-state index in [2.05, 4.69) is 19.9 Å². The van der Waals surface area contributed by atoms with Gasteiger partial charge in [0.2, 0.25) is 0 Å². The molecule has 0 heterocycles. The molecule has 92 valence electrons. The first kappa shape index (κ1) is 22.3. The third-order valence-corrected chi connectivity index (χ3v) is 1.82. The molecule has 0 radical (unpaired) electrons. The monoisotopic (exact) mass is 350 g/mol. The summed E-state index contributed by atoms with van der Waals surface area (Å²) in [6.07, 6.45) is 9.56. The van der Waals surface area contributed by atoms with E-state index in [0.29, 0.717) is 6.79 Å². The molecule has 0 saturated heterocycles. The molecule has 0 aliphatic heterocycles. The van der Waals surface area contributed by atoms with Gasteiger partial charge in [-0.05, 0) is 12.8 Å². The molecule has 0 N–H and O–H groups in total. The fourth-order valence-corrected chi connectivity index (χ4v) is 1.02. The maximum Gasteiger partial charge on any atom is 2.00 e. The van der Waals surface area contributed by atoms with Crippen LogP contribution in [-0.2, 0) is 9.47 Å². The van der Waals surface area contributed by atoms with E-state index in [0.717, 1.165) is 32.5 Å². The second-order valence-corrected chi connectivity index (χ2v) is 3.19. The Morgan fingerprint density at radius 3 is 2.38 bits per heavy atom. The summed E-state index contributed by atoms with van der Waals surface area (Å²) in [6.45, 7) is 7.89. The molecule has 0 amide bonds. The largest absolute Gasteiger partial charge is 2.00 e. The van der Waals surface area contributed by atoms with Crippen LogP contribution >= 0.6 is 0 Å². The van der Waals surface area contributed by atoms with Gasteiger partial charge >= 0.3 is 23.1 Å². The number of ether oxygens (including phenoxy) is 2. The molecule has 16 heavy (non-hydrogen) atoms. The van der Waals surface area contributed by atoms with Crippen molar-refractivity contribution < 1.29 is 33.5 Å². The molecule has 0 fully saturated rings. The summed E-state index contributed by atoms with van der Waals surface area (Å²) in [7, 11) is 0. The predicted molar refractivity (Wildman–Crippen MR) is 65.8 cm³/mol. The van der Waals surface area contributed by atoms with E-state index >= 15 is 0 Å². The molecule has 2 nitrogen and oxygen atoms in total. The van der Waals surface area contributed by atoms with Gasteiger partial charge in [-0.3, -0.25) is 0 Å². The number of rotatable bonds is 10. The maximum absolute atomic E-state index is 5.28. The van der Waals surface area contributed by atoms with Crippen molar-refractivity contribution in [2.45, 2.75) is 39.0 Å². The van der Waals surface area contributed by atoms with E-state index in [-0.39, 0.29) is 47.0 Å². The molecule has 4 heteroatoms. The normalized spacial score (nSPS) is 9.88. The molecule has 0 aliphatic rings. The second kappa shape index (κ2) is 21.4. The van der Waals surface area contributed by atoms with Gasteiger partial charge in [0.05, 0.1) is 6.61 Å². The van der Waals surface area contributed by atoms with Crippen LogP contribution in [0.4, 0.5) is 0 Å². The van der Waals surface area contributed by atoms with Gasteiger partial charge in [0.25, 0.3) is 0 Å². The van der Waals surface area contributed by atoms with Crippen molar-refractivity contribution in [2.75, 3.05) is 20.0 Å². The Hall–Kier alpha value is 1.16. The van der Waals surface area contributed by atoms with E-state index in [1.54, 1.807) is 0 Å². The van der Waals surface area contributed by atoms with Gasteiger partial charge in [-0.2, -0.15) is 6.42 Å². The Morgan fingerprint density at radius 2 is 1.75 bits per heavy atom. The van der Waals surface area contributed by atoms with Crippen molar-refractivity contribution in [2.24, 2.45) is 0 Å². The first-order valence-electron chi connectivity index (χ1n) is 5.51. The van der Waals surface area contributed by atoms with E-state index in [1.165, 1.54) is 12.8 Å². The first-order chi connectivity index (χ1) is 6.91. The SMILES string of the molecule is [CH2-]C/C=C\CCOCOCCCCC.[I-].[Mg+2]. The minimum absolute atomic E-state index is 0. The zero-order valence-electron chi connectivity index (χ0n) is 10.4. The zero-order valence-corrected chi connectivity index (χ0v) is 14.0. The number of allylic oxidation sites excluding steroid dienone is 1. The van der Waals surface area contributed by atoms with Gasteiger partial charge in [0, 0.05) is 6.61 Å². The Morgan fingerprint density at radius 1 is 1.06 bits per heavy atom. The Kier molecular flexibility index (Phi) is 29.9. The van der Waals surface area contributed by atoms with Crippen LogP contribution < -0.4 is 24.0 Å². The fraction of sp³-hybridized carbons (Fsp3) is 0.750. The van der Waals surface area contributed by atoms with Crippen molar-refractivity contribution in [3.05, 3.63) is 19.1 Å². The van der Waals surface area contributed by atoms with Crippen molar-refractivity contribution in [1.29, 1.82) is 0 Å². The molecule has 0 aromatic rings. The van der Waals surface area contributed by atoms with Gasteiger partial charge in [0.15, 0.2) is 0 Å². The molecule has 0 aliphatic carbocycles. The third-order valence-electron chi connectivity index (χ3n) is 1.82. The summed E-state index contributed by atoms with van der Waals surface area (Å²) in [5.41, 5.74) is 0. The zero-order chi connectivity index (χ0) is 10.5. The minimum Gasteiger partial charge on any atom is -1.00 e. The Labute approximate surface area is 134 Å². The number of unbranched alkanes of at least 4 members (excludes halogenated alkanes) is 2. The number of hydrogen-bond donors (Lipinski definition) is 0. The minimum atomic E-state index is 0. The molecular formula is C12H23IMgO2. The van der Waals surface area contributed by atoms with Crippen LogP contribution in [0, 0.1) is 6.92 Å². The molecule has 0 saturated carbocycles.